The van der Waals surface area contributed by atoms with Gasteiger partial charge in [0.25, 0.3) is 5.91 Å². The van der Waals surface area contributed by atoms with Crippen LogP contribution in [0.15, 0.2) is 115 Å². The van der Waals surface area contributed by atoms with Gasteiger partial charge in [-0.1, -0.05) is 54.6 Å². The molecule has 0 spiro atoms. The van der Waals surface area contributed by atoms with Gasteiger partial charge < -0.3 is 22.5 Å². The monoisotopic (exact) mass is 475 g/mol. The maximum absolute atomic E-state index is 13.4. The third kappa shape index (κ3) is 5.63. The zero-order chi connectivity index (χ0) is 22.2. The van der Waals surface area contributed by atoms with Crippen molar-refractivity contribution in [2.45, 2.75) is 6.92 Å². The molecule has 0 unspecified atom stereocenters. The van der Waals surface area contributed by atoms with E-state index in [2.05, 4.69) is 78.1 Å². The van der Waals surface area contributed by atoms with Gasteiger partial charge in [0.2, 0.25) is 0 Å². The van der Waals surface area contributed by atoms with Crippen molar-refractivity contribution in [2.75, 3.05) is 18.1 Å². The standard InChI is InChI=1S/C28H26NO2P.ClH/c1-2-31-24-20-18-23(19-21-24)29-28(30)22-32(25-12-6-3-7-13-25,26-14-8-4-9-15-26)27-16-10-5-11-17-27;/h3-21H,2,22H2,1H3;1H. The van der Waals surface area contributed by atoms with E-state index < -0.39 is 7.26 Å². The van der Waals surface area contributed by atoms with Crippen molar-refractivity contribution in [1.82, 2.24) is 0 Å². The van der Waals surface area contributed by atoms with E-state index in [1.54, 1.807) is 0 Å². The molecular formula is C28H27ClNO2P. The van der Waals surface area contributed by atoms with E-state index in [0.29, 0.717) is 12.8 Å². The molecule has 0 bridgehead atoms. The number of halogens is 1. The van der Waals surface area contributed by atoms with Gasteiger partial charge in [0, 0.05) is 5.69 Å². The summed E-state index contributed by atoms with van der Waals surface area (Å²) >= 11 is 0. The van der Waals surface area contributed by atoms with Crippen LogP contribution in [0, 0.1) is 0 Å². The summed E-state index contributed by atoms with van der Waals surface area (Å²) in [6, 6.07) is 38.8. The predicted octanol–water partition coefficient (Wildman–Crippen LogP) is 2.02. The number of rotatable bonds is 8. The molecule has 1 N–H and O–H groups in total. The molecule has 0 atom stereocenters. The molecule has 0 aliphatic carbocycles. The largest absolute Gasteiger partial charge is 1.00 e. The number of amides is 1. The Hall–Kier alpha value is -3.13. The Morgan fingerprint density at radius 2 is 1.12 bits per heavy atom. The Morgan fingerprint density at radius 3 is 1.52 bits per heavy atom. The Morgan fingerprint density at radius 1 is 0.697 bits per heavy atom. The molecule has 0 heterocycles. The van der Waals surface area contributed by atoms with Crippen molar-refractivity contribution in [3.63, 3.8) is 0 Å². The fraction of sp³-hybridized carbons (Fsp3) is 0.107. The normalized spacial score (nSPS) is 10.7. The first-order chi connectivity index (χ1) is 15.7. The van der Waals surface area contributed by atoms with Crippen LogP contribution in [0.1, 0.15) is 6.92 Å². The molecule has 4 aromatic carbocycles. The molecule has 0 aliphatic rings. The molecule has 5 heteroatoms. The van der Waals surface area contributed by atoms with Gasteiger partial charge >= 0.3 is 0 Å². The Bertz CT molecular complexity index is 1040. The van der Waals surface area contributed by atoms with Gasteiger partial charge in [-0.05, 0) is 67.6 Å². The van der Waals surface area contributed by atoms with E-state index in [4.69, 9.17) is 4.74 Å². The second kappa shape index (κ2) is 11.7. The second-order valence-corrected chi connectivity index (χ2v) is 11.0. The third-order valence-corrected chi connectivity index (χ3v) is 9.72. The molecule has 1 amide bonds. The molecule has 0 fully saturated rings. The molecule has 4 aromatic rings. The number of ether oxygens (including phenoxy) is 1. The zero-order valence-electron chi connectivity index (χ0n) is 18.5. The first-order valence-corrected chi connectivity index (χ1v) is 12.8. The van der Waals surface area contributed by atoms with Crippen LogP contribution in [0.2, 0.25) is 0 Å². The highest BCUT2D eigenvalue weighted by atomic mass is 35.5. The average Bonchev–Trinajstić information content (AvgIpc) is 2.85. The van der Waals surface area contributed by atoms with Gasteiger partial charge in [-0.25, -0.2) is 0 Å². The third-order valence-electron chi connectivity index (χ3n) is 5.42. The average molecular weight is 476 g/mol. The van der Waals surface area contributed by atoms with Crippen molar-refractivity contribution in [3.05, 3.63) is 115 Å². The molecule has 4 rings (SSSR count). The molecule has 0 aromatic heterocycles. The minimum atomic E-state index is -2.20. The van der Waals surface area contributed by atoms with E-state index >= 15 is 0 Å². The van der Waals surface area contributed by atoms with Crippen molar-refractivity contribution in [1.29, 1.82) is 0 Å². The van der Waals surface area contributed by atoms with Crippen LogP contribution >= 0.6 is 7.26 Å². The fourth-order valence-corrected chi connectivity index (χ4v) is 7.98. The van der Waals surface area contributed by atoms with Gasteiger partial charge in [0.15, 0.2) is 6.16 Å². The summed E-state index contributed by atoms with van der Waals surface area (Å²) in [5.41, 5.74) is 0.769. The number of hydrogen-bond acceptors (Lipinski definition) is 2. The van der Waals surface area contributed by atoms with Crippen molar-refractivity contribution in [3.8, 4) is 5.75 Å². The molecule has 3 nitrogen and oxygen atoms in total. The van der Waals surface area contributed by atoms with E-state index in [-0.39, 0.29) is 18.3 Å². The first kappa shape index (κ1) is 24.5. The number of carbonyl (C=O) groups is 1. The molecular weight excluding hydrogens is 449 g/mol. The minimum Gasteiger partial charge on any atom is -1.00 e. The summed E-state index contributed by atoms with van der Waals surface area (Å²) in [6.45, 7) is 2.57. The van der Waals surface area contributed by atoms with Gasteiger partial charge in [-0.2, -0.15) is 0 Å². The SMILES string of the molecule is CCOc1ccc(NC(=O)C[P+](c2ccccc2)(c2ccccc2)c2ccccc2)cc1.[Cl-]. The van der Waals surface area contributed by atoms with E-state index in [1.807, 2.05) is 49.4 Å². The van der Waals surface area contributed by atoms with Crippen LogP contribution in [0.3, 0.4) is 0 Å². The summed E-state index contributed by atoms with van der Waals surface area (Å²) in [6.07, 6.45) is 0.387. The summed E-state index contributed by atoms with van der Waals surface area (Å²) < 4.78 is 5.51. The Kier molecular flexibility index (Phi) is 8.65. The van der Waals surface area contributed by atoms with Crippen LogP contribution in [-0.4, -0.2) is 18.7 Å². The minimum absolute atomic E-state index is 0. The molecule has 0 aliphatic heterocycles. The number of nitrogens with one attached hydrogen (secondary N) is 1. The van der Waals surface area contributed by atoms with E-state index in [1.165, 1.54) is 15.9 Å². The molecule has 33 heavy (non-hydrogen) atoms. The lowest BCUT2D eigenvalue weighted by Gasteiger charge is -2.27. The Labute approximate surface area is 202 Å². The number of carbonyl (C=O) groups excluding carboxylic acids is 1. The van der Waals surface area contributed by atoms with Gasteiger partial charge in [-0.15, -0.1) is 0 Å². The maximum atomic E-state index is 13.4. The highest BCUT2D eigenvalue weighted by Gasteiger charge is 2.47. The van der Waals surface area contributed by atoms with Gasteiger partial charge in [0.1, 0.15) is 28.9 Å². The quantitative estimate of drug-likeness (QED) is 0.396. The lowest BCUT2D eigenvalue weighted by atomic mass is 10.3. The first-order valence-electron chi connectivity index (χ1n) is 10.8. The van der Waals surface area contributed by atoms with Crippen LogP contribution in [-0.2, 0) is 4.79 Å². The van der Waals surface area contributed by atoms with Crippen molar-refractivity contribution < 1.29 is 21.9 Å². The lowest BCUT2D eigenvalue weighted by Crippen LogP contribution is -3.00. The molecule has 0 saturated heterocycles. The van der Waals surface area contributed by atoms with Crippen LogP contribution in [0.5, 0.6) is 5.75 Å². The zero-order valence-corrected chi connectivity index (χ0v) is 20.2. The number of hydrogen-bond donors (Lipinski definition) is 1. The predicted molar refractivity (Wildman–Crippen MR) is 136 cm³/mol. The summed E-state index contributed by atoms with van der Waals surface area (Å²) in [5, 5.41) is 6.69. The highest BCUT2D eigenvalue weighted by molar-refractivity contribution is 7.96. The topological polar surface area (TPSA) is 38.3 Å². The van der Waals surface area contributed by atoms with Crippen LogP contribution < -0.4 is 38.4 Å². The maximum Gasteiger partial charge on any atom is 0.263 e. The van der Waals surface area contributed by atoms with E-state index in [0.717, 1.165) is 11.4 Å². The molecule has 0 saturated carbocycles. The number of benzene rings is 4. The van der Waals surface area contributed by atoms with Crippen LogP contribution in [0.25, 0.3) is 0 Å². The second-order valence-electron chi connectivity index (χ2n) is 7.48. The smallest absolute Gasteiger partial charge is 0.263 e. The van der Waals surface area contributed by atoms with Gasteiger partial charge in [-0.3, -0.25) is 4.79 Å². The van der Waals surface area contributed by atoms with Gasteiger partial charge in [0.05, 0.1) is 6.61 Å². The van der Waals surface area contributed by atoms with Crippen molar-refractivity contribution >= 4 is 34.8 Å². The summed E-state index contributed by atoms with van der Waals surface area (Å²) in [7, 11) is -2.20. The lowest BCUT2D eigenvalue weighted by molar-refractivity contribution is -0.113. The molecule has 168 valence electrons. The van der Waals surface area contributed by atoms with Crippen molar-refractivity contribution in [2.24, 2.45) is 0 Å². The summed E-state index contributed by atoms with van der Waals surface area (Å²) in [4.78, 5) is 13.4. The summed E-state index contributed by atoms with van der Waals surface area (Å²) in [5.74, 6) is 0.796. The Balaban J connectivity index is 0.00000306. The van der Waals surface area contributed by atoms with Crippen LogP contribution in [0.4, 0.5) is 5.69 Å². The highest BCUT2D eigenvalue weighted by Crippen LogP contribution is 2.55. The number of anilines is 1. The fourth-order valence-electron chi connectivity index (χ4n) is 3.99. The van der Waals surface area contributed by atoms with E-state index in [9.17, 15) is 4.79 Å². The molecule has 0 radical (unpaired) electrons.